The topological polar surface area (TPSA) is 58.6 Å². The van der Waals surface area contributed by atoms with Gasteiger partial charge in [0.15, 0.2) is 0 Å². The van der Waals surface area contributed by atoms with Crippen LogP contribution in [0.2, 0.25) is 0 Å². The molecule has 0 radical (unpaired) electrons. The van der Waals surface area contributed by atoms with Crippen LogP contribution in [0.1, 0.15) is 39.4 Å². The van der Waals surface area contributed by atoms with Crippen LogP contribution in [0.5, 0.6) is 0 Å². The van der Waals surface area contributed by atoms with Gasteiger partial charge in [0.05, 0.1) is 11.7 Å². The van der Waals surface area contributed by atoms with Crippen molar-refractivity contribution in [1.29, 1.82) is 0 Å². The molecule has 4 heteroatoms. The van der Waals surface area contributed by atoms with Crippen molar-refractivity contribution in [1.82, 2.24) is 5.32 Å². The van der Waals surface area contributed by atoms with E-state index in [1.165, 1.54) is 5.56 Å². The highest BCUT2D eigenvalue weighted by Gasteiger charge is 2.28. The molecule has 0 bridgehead atoms. The Bertz CT molecular complexity index is 498. The second kappa shape index (κ2) is 4.37. The summed E-state index contributed by atoms with van der Waals surface area (Å²) in [6.45, 7) is 3.97. The third-order valence-corrected chi connectivity index (χ3v) is 3.97. The molecule has 2 heterocycles. The smallest absolute Gasteiger partial charge is 0.338 e. The summed E-state index contributed by atoms with van der Waals surface area (Å²) in [4.78, 5) is 11.5. The molecule has 3 rings (SSSR count). The zero-order chi connectivity index (χ0) is 12.7. The van der Waals surface area contributed by atoms with Gasteiger partial charge in [-0.15, -0.1) is 0 Å². The number of hydrogen-bond acceptors (Lipinski definition) is 4. The van der Waals surface area contributed by atoms with Gasteiger partial charge in [-0.3, -0.25) is 0 Å². The van der Waals surface area contributed by atoms with Crippen molar-refractivity contribution in [2.24, 2.45) is 0 Å². The summed E-state index contributed by atoms with van der Waals surface area (Å²) in [6.07, 6.45) is 0.496. The van der Waals surface area contributed by atoms with Gasteiger partial charge >= 0.3 is 5.97 Å². The molecule has 1 aromatic rings. The number of benzene rings is 1. The summed E-state index contributed by atoms with van der Waals surface area (Å²) >= 11 is 0. The van der Waals surface area contributed by atoms with Gasteiger partial charge in [0.2, 0.25) is 0 Å². The van der Waals surface area contributed by atoms with Gasteiger partial charge in [0, 0.05) is 18.7 Å². The van der Waals surface area contributed by atoms with E-state index in [-0.39, 0.29) is 12.1 Å². The highest BCUT2D eigenvalue weighted by molar-refractivity contribution is 5.93. The largest absolute Gasteiger partial charge is 0.457 e. The Morgan fingerprint density at radius 3 is 3.00 bits per heavy atom. The minimum absolute atomic E-state index is 0.221. The van der Waals surface area contributed by atoms with E-state index in [9.17, 15) is 9.90 Å². The lowest BCUT2D eigenvalue weighted by Crippen LogP contribution is -2.38. The van der Waals surface area contributed by atoms with E-state index in [4.69, 9.17) is 4.74 Å². The van der Waals surface area contributed by atoms with E-state index in [1.54, 1.807) is 0 Å². The number of piperidine rings is 1. The minimum atomic E-state index is -0.283. The van der Waals surface area contributed by atoms with Crippen molar-refractivity contribution >= 4 is 5.97 Å². The first kappa shape index (κ1) is 11.7. The summed E-state index contributed by atoms with van der Waals surface area (Å²) in [6, 6.07) is 3.86. The molecule has 2 atom stereocenters. The Morgan fingerprint density at radius 1 is 1.39 bits per heavy atom. The van der Waals surface area contributed by atoms with Crippen LogP contribution < -0.4 is 5.32 Å². The number of aliphatic hydroxyl groups is 1. The summed E-state index contributed by atoms with van der Waals surface area (Å²) in [5.74, 6) is 0.0937. The molecule has 2 aliphatic heterocycles. The Hall–Kier alpha value is -1.39. The molecule has 0 saturated carbocycles. The molecule has 18 heavy (non-hydrogen) atoms. The maximum atomic E-state index is 11.5. The van der Waals surface area contributed by atoms with E-state index in [0.29, 0.717) is 24.6 Å². The van der Waals surface area contributed by atoms with Crippen molar-refractivity contribution in [2.75, 3.05) is 13.1 Å². The lowest BCUT2D eigenvalue weighted by Gasteiger charge is -2.28. The summed E-state index contributed by atoms with van der Waals surface area (Å²) < 4.78 is 5.06. The molecule has 2 aliphatic rings. The number of cyclic esters (lactones) is 1. The highest BCUT2D eigenvalue weighted by atomic mass is 16.5. The summed E-state index contributed by atoms with van der Waals surface area (Å²) in [5.41, 5.74) is 4.07. The lowest BCUT2D eigenvalue weighted by molar-refractivity contribution is 0.0535. The normalized spacial score (nSPS) is 26.9. The Kier molecular flexibility index (Phi) is 2.84. The maximum Gasteiger partial charge on any atom is 0.338 e. The Balaban J connectivity index is 1.96. The molecule has 0 aromatic heterocycles. The van der Waals surface area contributed by atoms with Crippen LogP contribution >= 0.6 is 0 Å². The molecule has 1 aromatic carbocycles. The van der Waals surface area contributed by atoms with Gasteiger partial charge in [-0.25, -0.2) is 4.79 Å². The van der Waals surface area contributed by atoms with Crippen molar-refractivity contribution in [2.45, 2.75) is 32.0 Å². The number of fused-ring (bicyclic) bond motifs is 1. The fourth-order valence-electron chi connectivity index (χ4n) is 2.97. The molecule has 2 N–H and O–H groups in total. The van der Waals surface area contributed by atoms with Crippen molar-refractivity contribution in [3.05, 3.63) is 34.4 Å². The number of β-amino-alcohol motifs (C(OH)–C–C–N with tert-alkyl or cyclic N) is 1. The fourth-order valence-corrected chi connectivity index (χ4v) is 2.97. The number of aliphatic hydroxyl groups excluding tert-OH is 1. The third-order valence-electron chi connectivity index (χ3n) is 3.97. The highest BCUT2D eigenvalue weighted by Crippen LogP contribution is 2.32. The Labute approximate surface area is 106 Å². The van der Waals surface area contributed by atoms with Crippen LogP contribution in [0.3, 0.4) is 0 Å². The molecule has 4 nitrogen and oxygen atoms in total. The molecule has 2 unspecified atom stereocenters. The van der Waals surface area contributed by atoms with Gasteiger partial charge in [-0.05, 0) is 36.5 Å². The van der Waals surface area contributed by atoms with Crippen LogP contribution in [0.15, 0.2) is 12.1 Å². The van der Waals surface area contributed by atoms with Gasteiger partial charge in [-0.2, -0.15) is 0 Å². The zero-order valence-electron chi connectivity index (χ0n) is 10.4. The SMILES string of the molecule is Cc1c(C2CNCC(O)C2)ccc2c1COC2=O. The summed E-state index contributed by atoms with van der Waals surface area (Å²) in [7, 11) is 0. The van der Waals surface area contributed by atoms with E-state index in [2.05, 4.69) is 5.32 Å². The molecule has 0 spiro atoms. The average molecular weight is 247 g/mol. The number of nitrogens with one attached hydrogen (secondary N) is 1. The van der Waals surface area contributed by atoms with Crippen LogP contribution in [0, 0.1) is 6.92 Å². The number of ether oxygens (including phenoxy) is 1. The monoisotopic (exact) mass is 247 g/mol. The van der Waals surface area contributed by atoms with E-state index >= 15 is 0 Å². The first-order valence-corrected chi connectivity index (χ1v) is 6.35. The van der Waals surface area contributed by atoms with Gasteiger partial charge in [0.1, 0.15) is 6.61 Å². The third kappa shape index (κ3) is 1.82. The maximum absolute atomic E-state index is 11.5. The zero-order valence-corrected chi connectivity index (χ0v) is 10.4. The standard InChI is InChI=1S/C14H17NO3/c1-8-11(9-4-10(16)6-15-5-9)2-3-12-13(8)7-18-14(12)17/h2-3,9-10,15-16H,4-7H2,1H3. The average Bonchev–Trinajstić information content (AvgIpc) is 2.73. The molecule has 1 saturated heterocycles. The predicted octanol–water partition coefficient (Wildman–Crippen LogP) is 1.10. The van der Waals surface area contributed by atoms with Crippen LogP contribution in [0.4, 0.5) is 0 Å². The van der Waals surface area contributed by atoms with Crippen molar-refractivity contribution in [3.63, 3.8) is 0 Å². The van der Waals surface area contributed by atoms with E-state index < -0.39 is 0 Å². The van der Waals surface area contributed by atoms with Crippen LogP contribution in [-0.2, 0) is 11.3 Å². The molecular weight excluding hydrogens is 230 g/mol. The second-order valence-corrected chi connectivity index (χ2v) is 5.13. The number of rotatable bonds is 1. The minimum Gasteiger partial charge on any atom is -0.457 e. The number of carbonyl (C=O) groups is 1. The number of esters is 1. The van der Waals surface area contributed by atoms with Crippen molar-refractivity contribution in [3.8, 4) is 0 Å². The number of hydrogen-bond donors (Lipinski definition) is 2. The molecule has 96 valence electrons. The molecule has 1 fully saturated rings. The predicted molar refractivity (Wildman–Crippen MR) is 66.5 cm³/mol. The van der Waals surface area contributed by atoms with E-state index in [0.717, 1.165) is 24.1 Å². The molecule has 0 aliphatic carbocycles. The fraction of sp³-hybridized carbons (Fsp3) is 0.500. The van der Waals surface area contributed by atoms with Gasteiger partial charge in [0.25, 0.3) is 0 Å². The van der Waals surface area contributed by atoms with E-state index in [1.807, 2.05) is 19.1 Å². The van der Waals surface area contributed by atoms with Gasteiger partial charge < -0.3 is 15.2 Å². The first-order valence-electron chi connectivity index (χ1n) is 6.35. The summed E-state index contributed by atoms with van der Waals surface area (Å²) in [5, 5.41) is 13.0. The Morgan fingerprint density at radius 2 is 2.22 bits per heavy atom. The van der Waals surface area contributed by atoms with Crippen molar-refractivity contribution < 1.29 is 14.6 Å². The quantitative estimate of drug-likeness (QED) is 0.730. The number of carbonyl (C=O) groups excluding carboxylic acids is 1. The van der Waals surface area contributed by atoms with Crippen LogP contribution in [-0.4, -0.2) is 30.3 Å². The molecule has 0 amide bonds. The lowest BCUT2D eigenvalue weighted by atomic mass is 9.85. The molecular formula is C14H17NO3. The second-order valence-electron chi connectivity index (χ2n) is 5.13. The van der Waals surface area contributed by atoms with Crippen LogP contribution in [0.25, 0.3) is 0 Å². The first-order chi connectivity index (χ1) is 8.66. The van der Waals surface area contributed by atoms with Gasteiger partial charge in [-0.1, -0.05) is 6.07 Å².